The van der Waals surface area contributed by atoms with Crippen LogP contribution in [-0.4, -0.2) is 0 Å². The van der Waals surface area contributed by atoms with Gasteiger partial charge in [-0.15, -0.1) is 0 Å². The average Bonchev–Trinajstić information content (AvgIpc) is 2.83. The molecule has 0 unspecified atom stereocenters. The Hall–Kier alpha value is -1.19. The third-order valence-electron chi connectivity index (χ3n) is 3.51. The van der Waals surface area contributed by atoms with Crippen molar-refractivity contribution in [2.75, 3.05) is 0 Å². The molecule has 1 heterocycles. The quantitative estimate of drug-likeness (QED) is 0.618. The van der Waals surface area contributed by atoms with Crippen LogP contribution in [0.3, 0.4) is 0 Å². The highest BCUT2D eigenvalue weighted by atomic mass is 79.9. The molecule has 3 rings (SSSR count). The van der Waals surface area contributed by atoms with E-state index in [2.05, 4.69) is 71.8 Å². The Morgan fingerprint density at radius 2 is 1.79 bits per heavy atom. The van der Waals surface area contributed by atoms with E-state index in [1.807, 2.05) is 0 Å². The second-order valence-corrected chi connectivity index (χ2v) is 5.37. The lowest BCUT2D eigenvalue weighted by Gasteiger charge is -2.10. The van der Waals surface area contributed by atoms with Crippen molar-refractivity contribution in [1.82, 2.24) is 0 Å². The number of halogens is 1. The zero-order valence-electron chi connectivity index (χ0n) is 11.0. The summed E-state index contributed by atoms with van der Waals surface area (Å²) in [6.07, 6.45) is 0. The number of thiazole rings is 1. The number of aromatic nitrogens is 1. The monoisotopic (exact) mass is 333 g/mol. The Bertz CT molecular complexity index is 685. The van der Waals surface area contributed by atoms with Crippen LogP contribution in [0.4, 0.5) is 0 Å². The van der Waals surface area contributed by atoms with E-state index in [1.165, 1.54) is 22.0 Å². The van der Waals surface area contributed by atoms with Crippen molar-refractivity contribution >= 4 is 22.1 Å². The molecule has 0 fully saturated rings. The van der Waals surface area contributed by atoms with Crippen LogP contribution in [0, 0.1) is 6.92 Å². The van der Waals surface area contributed by atoms with Crippen LogP contribution in [0.5, 0.6) is 0 Å². The number of rotatable bonds is 2. The van der Waals surface area contributed by atoms with Crippen LogP contribution < -0.4 is 21.5 Å². The zero-order valence-corrected chi connectivity index (χ0v) is 13.4. The molecule has 1 atom stereocenters. The lowest BCUT2D eigenvalue weighted by atomic mass is 9.99. The maximum atomic E-state index is 2.34. The van der Waals surface area contributed by atoms with Crippen molar-refractivity contribution < 1.29 is 21.5 Å². The number of aryl methyl sites for hydroxylation is 1. The van der Waals surface area contributed by atoms with Crippen molar-refractivity contribution in [2.24, 2.45) is 0 Å². The van der Waals surface area contributed by atoms with E-state index in [4.69, 9.17) is 0 Å². The van der Waals surface area contributed by atoms with E-state index in [0.717, 1.165) is 0 Å². The Labute approximate surface area is 128 Å². The Balaban J connectivity index is 0.00000133. The molecule has 0 N–H and O–H groups in total. The molecule has 0 aliphatic heterocycles. The van der Waals surface area contributed by atoms with Gasteiger partial charge in [0.2, 0.25) is 5.51 Å². The second-order valence-electron chi connectivity index (χ2n) is 4.65. The molecule has 3 heteroatoms. The van der Waals surface area contributed by atoms with E-state index in [-0.39, 0.29) is 17.0 Å². The number of fused-ring (bicyclic) bond motifs is 1. The molecule has 98 valence electrons. The van der Waals surface area contributed by atoms with Gasteiger partial charge in [0.25, 0.3) is 0 Å². The number of hydrogen-bond acceptors (Lipinski definition) is 1. The van der Waals surface area contributed by atoms with Gasteiger partial charge in [0.05, 0.1) is 5.38 Å². The van der Waals surface area contributed by atoms with Gasteiger partial charge < -0.3 is 17.0 Å². The van der Waals surface area contributed by atoms with Gasteiger partial charge in [-0.25, -0.2) is 0 Å². The molecular weight excluding hydrogens is 318 g/mol. The smallest absolute Gasteiger partial charge is 0.225 e. The van der Waals surface area contributed by atoms with Crippen LogP contribution in [0.1, 0.15) is 24.2 Å². The normalized spacial score (nSPS) is 12.1. The van der Waals surface area contributed by atoms with Gasteiger partial charge in [-0.1, -0.05) is 53.8 Å². The first-order valence-electron chi connectivity index (χ1n) is 6.19. The number of benzene rings is 2. The van der Waals surface area contributed by atoms with Crippen molar-refractivity contribution in [2.45, 2.75) is 19.9 Å². The van der Waals surface area contributed by atoms with E-state index in [9.17, 15) is 0 Å². The molecule has 0 radical (unpaired) electrons. The van der Waals surface area contributed by atoms with Gasteiger partial charge in [0.1, 0.15) is 0 Å². The summed E-state index contributed by atoms with van der Waals surface area (Å²) >= 11 is 1.76. The third-order valence-corrected chi connectivity index (χ3v) is 4.34. The lowest BCUT2D eigenvalue weighted by Crippen LogP contribution is -3.00. The number of hydrogen-bond donors (Lipinski definition) is 0. The van der Waals surface area contributed by atoms with E-state index >= 15 is 0 Å². The summed E-state index contributed by atoms with van der Waals surface area (Å²) < 4.78 is 2.34. The lowest BCUT2D eigenvalue weighted by molar-refractivity contribution is -0.711. The largest absolute Gasteiger partial charge is 1.00 e. The maximum Gasteiger partial charge on any atom is 0.225 e. The van der Waals surface area contributed by atoms with Crippen molar-refractivity contribution in [3.8, 4) is 0 Å². The molecule has 0 amide bonds. The standard InChI is InChI=1S/C16H16NS.BrH/c1-12-10-18-11-17(12)13(2)15-9-5-7-14-6-3-4-8-16(14)15;/h3-11,13H,1-2H3;1H/q+1;/p-1/t13-;/m0./s1. The summed E-state index contributed by atoms with van der Waals surface area (Å²) in [6.45, 7) is 4.43. The number of nitrogens with zero attached hydrogens (tertiary/aromatic N) is 1. The molecule has 0 saturated carbocycles. The minimum atomic E-state index is 0. The SMILES string of the molecule is Cc1csc[n+]1[C@@H](C)c1cccc2ccccc12.[Br-]. The highest BCUT2D eigenvalue weighted by molar-refractivity contribution is 7.07. The molecule has 1 nitrogen and oxygen atoms in total. The fourth-order valence-corrected chi connectivity index (χ4v) is 3.36. The molecule has 0 bridgehead atoms. The first-order valence-corrected chi connectivity index (χ1v) is 7.13. The second kappa shape index (κ2) is 5.85. The highest BCUT2D eigenvalue weighted by Gasteiger charge is 2.20. The van der Waals surface area contributed by atoms with Crippen molar-refractivity contribution in [3.63, 3.8) is 0 Å². The third kappa shape index (κ3) is 2.58. The minimum Gasteiger partial charge on any atom is -1.00 e. The topological polar surface area (TPSA) is 3.88 Å². The summed E-state index contributed by atoms with van der Waals surface area (Å²) in [6, 6.07) is 15.5. The summed E-state index contributed by atoms with van der Waals surface area (Å²) in [5.74, 6) is 0. The van der Waals surface area contributed by atoms with Gasteiger partial charge in [0, 0.05) is 19.4 Å². The molecule has 0 aliphatic rings. The fraction of sp³-hybridized carbons (Fsp3) is 0.188. The van der Waals surface area contributed by atoms with Crippen LogP contribution in [0.2, 0.25) is 0 Å². The molecule has 1 aromatic heterocycles. The molecule has 19 heavy (non-hydrogen) atoms. The van der Waals surface area contributed by atoms with Gasteiger partial charge in [-0.2, -0.15) is 4.57 Å². The van der Waals surface area contributed by atoms with Gasteiger partial charge in [-0.05, 0) is 10.8 Å². The summed E-state index contributed by atoms with van der Waals surface area (Å²) in [5, 5.41) is 4.86. The summed E-state index contributed by atoms with van der Waals surface area (Å²) in [4.78, 5) is 0. The molecular formula is C16H16BrNS. The first kappa shape index (κ1) is 14.2. The molecule has 2 aromatic carbocycles. The summed E-state index contributed by atoms with van der Waals surface area (Å²) in [5.41, 5.74) is 4.90. The zero-order chi connectivity index (χ0) is 12.5. The summed E-state index contributed by atoms with van der Waals surface area (Å²) in [7, 11) is 0. The Kier molecular flexibility index (Phi) is 4.38. The maximum absolute atomic E-state index is 2.34. The molecule has 0 saturated heterocycles. The Morgan fingerprint density at radius 1 is 1.05 bits per heavy atom. The molecule has 0 spiro atoms. The first-order chi connectivity index (χ1) is 8.77. The van der Waals surface area contributed by atoms with Crippen molar-refractivity contribution in [3.05, 3.63) is 64.6 Å². The predicted octanol–water partition coefficient (Wildman–Crippen LogP) is 1.11. The van der Waals surface area contributed by atoms with Gasteiger partial charge in [-0.3, -0.25) is 0 Å². The highest BCUT2D eigenvalue weighted by Crippen LogP contribution is 2.24. The van der Waals surface area contributed by atoms with E-state index < -0.39 is 0 Å². The van der Waals surface area contributed by atoms with E-state index in [1.54, 1.807) is 11.3 Å². The fourth-order valence-electron chi connectivity index (χ4n) is 2.50. The van der Waals surface area contributed by atoms with Crippen molar-refractivity contribution in [1.29, 1.82) is 0 Å². The van der Waals surface area contributed by atoms with Crippen LogP contribution in [0.25, 0.3) is 10.8 Å². The van der Waals surface area contributed by atoms with Gasteiger partial charge >= 0.3 is 0 Å². The predicted molar refractivity (Wildman–Crippen MR) is 77.0 cm³/mol. The van der Waals surface area contributed by atoms with E-state index in [0.29, 0.717) is 6.04 Å². The molecule has 0 aliphatic carbocycles. The molecule has 3 aromatic rings. The van der Waals surface area contributed by atoms with Crippen LogP contribution >= 0.6 is 11.3 Å². The average molecular weight is 334 g/mol. The van der Waals surface area contributed by atoms with Crippen LogP contribution in [-0.2, 0) is 0 Å². The van der Waals surface area contributed by atoms with Crippen LogP contribution in [0.15, 0.2) is 53.4 Å². The Morgan fingerprint density at radius 3 is 2.53 bits per heavy atom. The minimum absolute atomic E-state index is 0. The van der Waals surface area contributed by atoms with Gasteiger partial charge in [0.15, 0.2) is 11.7 Å².